The van der Waals surface area contributed by atoms with E-state index in [9.17, 15) is 14.7 Å². The number of nitrogens with one attached hydrogen (secondary N) is 1. The third-order valence-corrected chi connectivity index (χ3v) is 3.62. The summed E-state index contributed by atoms with van der Waals surface area (Å²) in [7, 11) is 0. The van der Waals surface area contributed by atoms with Gasteiger partial charge in [0.15, 0.2) is 0 Å². The van der Waals surface area contributed by atoms with Crippen molar-refractivity contribution in [3.8, 4) is 5.75 Å². The first-order valence-corrected chi connectivity index (χ1v) is 8.39. The number of carbonyl (C=O) groups is 2. The summed E-state index contributed by atoms with van der Waals surface area (Å²) < 4.78 is 5.39. The van der Waals surface area contributed by atoms with Crippen LogP contribution in [0.4, 0.5) is 0 Å². The molecule has 1 amide bonds. The molecule has 0 aliphatic rings. The maximum absolute atomic E-state index is 12.4. The van der Waals surface area contributed by atoms with Crippen molar-refractivity contribution in [3.05, 3.63) is 46.4 Å². The first-order valence-electron chi connectivity index (χ1n) is 7.44. The third kappa shape index (κ3) is 5.34. The molecule has 0 fully saturated rings. The zero-order valence-corrected chi connectivity index (χ0v) is 14.6. The van der Waals surface area contributed by atoms with Gasteiger partial charge in [-0.25, -0.2) is 9.78 Å². The molecule has 1 aromatic heterocycles. The number of esters is 1. The number of thiazole rings is 1. The second-order valence-electron chi connectivity index (χ2n) is 6.30. The van der Waals surface area contributed by atoms with Gasteiger partial charge in [-0.1, -0.05) is 12.1 Å². The SMILES string of the molecule is CC(C)(C)OC(=O)[C@H](Cc1ccc(O)cc1)NC(=O)c1cscn1. The average molecular weight is 348 g/mol. The van der Waals surface area contributed by atoms with Crippen LogP contribution in [0.15, 0.2) is 35.2 Å². The molecule has 1 atom stereocenters. The van der Waals surface area contributed by atoms with Crippen LogP contribution < -0.4 is 5.32 Å². The minimum Gasteiger partial charge on any atom is -0.508 e. The lowest BCUT2D eigenvalue weighted by Crippen LogP contribution is -2.45. The Balaban J connectivity index is 2.15. The van der Waals surface area contributed by atoms with Crippen molar-refractivity contribution in [3.63, 3.8) is 0 Å². The third-order valence-electron chi connectivity index (χ3n) is 3.04. The highest BCUT2D eigenvalue weighted by Crippen LogP contribution is 2.15. The summed E-state index contributed by atoms with van der Waals surface area (Å²) in [5.74, 6) is -0.802. The zero-order chi connectivity index (χ0) is 17.7. The minimum absolute atomic E-state index is 0.138. The van der Waals surface area contributed by atoms with E-state index < -0.39 is 23.5 Å². The van der Waals surface area contributed by atoms with E-state index in [0.29, 0.717) is 0 Å². The van der Waals surface area contributed by atoms with E-state index in [-0.39, 0.29) is 17.9 Å². The molecule has 0 bridgehead atoms. The minimum atomic E-state index is -0.844. The zero-order valence-electron chi connectivity index (χ0n) is 13.8. The molecular formula is C17H20N2O4S. The largest absolute Gasteiger partial charge is 0.508 e. The molecule has 0 saturated carbocycles. The van der Waals surface area contributed by atoms with Crippen molar-refractivity contribution in [1.82, 2.24) is 10.3 Å². The number of ether oxygens (including phenoxy) is 1. The van der Waals surface area contributed by atoms with Crippen molar-refractivity contribution >= 4 is 23.2 Å². The summed E-state index contributed by atoms with van der Waals surface area (Å²) in [5, 5.41) is 13.6. The molecule has 128 valence electrons. The number of amides is 1. The molecule has 0 aliphatic heterocycles. The van der Waals surface area contributed by atoms with Crippen LogP contribution in [0.5, 0.6) is 5.75 Å². The van der Waals surface area contributed by atoms with E-state index in [4.69, 9.17) is 4.74 Å². The Morgan fingerprint density at radius 2 is 1.96 bits per heavy atom. The fourth-order valence-electron chi connectivity index (χ4n) is 1.99. The van der Waals surface area contributed by atoms with Gasteiger partial charge < -0.3 is 15.2 Å². The smallest absolute Gasteiger partial charge is 0.329 e. The molecular weight excluding hydrogens is 328 g/mol. The predicted molar refractivity (Wildman–Crippen MR) is 91.0 cm³/mol. The van der Waals surface area contributed by atoms with Crippen LogP contribution in [0.25, 0.3) is 0 Å². The van der Waals surface area contributed by atoms with Gasteiger partial charge in [-0.05, 0) is 38.5 Å². The normalized spacial score (nSPS) is 12.5. The van der Waals surface area contributed by atoms with E-state index in [0.717, 1.165) is 5.56 Å². The Bertz CT molecular complexity index is 690. The Hall–Kier alpha value is -2.41. The first-order chi connectivity index (χ1) is 11.2. The fourth-order valence-corrected chi connectivity index (χ4v) is 2.52. The maximum atomic E-state index is 12.4. The molecule has 6 nitrogen and oxygen atoms in total. The number of hydrogen-bond donors (Lipinski definition) is 2. The second-order valence-corrected chi connectivity index (χ2v) is 7.02. The standard InChI is InChI=1S/C17H20N2O4S/c1-17(2,3)23-16(22)13(8-11-4-6-12(20)7-5-11)19-15(21)14-9-24-10-18-14/h4-7,9-10,13,20H,8H2,1-3H3,(H,19,21)/t13-/m0/s1. The summed E-state index contributed by atoms with van der Waals surface area (Å²) >= 11 is 1.30. The van der Waals surface area contributed by atoms with Gasteiger partial charge in [0.05, 0.1) is 5.51 Å². The molecule has 0 aliphatic carbocycles. The number of benzene rings is 1. The van der Waals surface area contributed by atoms with Crippen LogP contribution in [0.2, 0.25) is 0 Å². The summed E-state index contributed by atoms with van der Waals surface area (Å²) in [6.45, 7) is 5.31. The monoisotopic (exact) mass is 348 g/mol. The van der Waals surface area contributed by atoms with Crippen LogP contribution in [0, 0.1) is 0 Å². The van der Waals surface area contributed by atoms with Crippen LogP contribution in [-0.2, 0) is 16.0 Å². The van der Waals surface area contributed by atoms with Gasteiger partial charge in [-0.15, -0.1) is 11.3 Å². The molecule has 2 N–H and O–H groups in total. The van der Waals surface area contributed by atoms with Crippen molar-refractivity contribution in [2.45, 2.75) is 38.8 Å². The van der Waals surface area contributed by atoms with E-state index in [1.54, 1.807) is 43.8 Å². The number of aromatic hydroxyl groups is 1. The maximum Gasteiger partial charge on any atom is 0.329 e. The Labute approximate surface area is 144 Å². The first kappa shape index (κ1) is 17.9. The second kappa shape index (κ2) is 7.44. The van der Waals surface area contributed by atoms with Crippen molar-refractivity contribution in [2.24, 2.45) is 0 Å². The molecule has 2 aromatic rings. The van der Waals surface area contributed by atoms with Gasteiger partial charge in [0, 0.05) is 11.8 Å². The number of phenolic OH excluding ortho intramolecular Hbond substituents is 1. The van der Waals surface area contributed by atoms with Crippen LogP contribution in [-0.4, -0.2) is 33.6 Å². The fraction of sp³-hybridized carbons (Fsp3) is 0.353. The van der Waals surface area contributed by atoms with E-state index >= 15 is 0 Å². The Kier molecular flexibility index (Phi) is 5.56. The van der Waals surface area contributed by atoms with Crippen molar-refractivity contribution < 1.29 is 19.4 Å². The summed E-state index contributed by atoms with van der Waals surface area (Å²) in [4.78, 5) is 28.6. The Morgan fingerprint density at radius 1 is 1.29 bits per heavy atom. The van der Waals surface area contributed by atoms with Crippen molar-refractivity contribution in [1.29, 1.82) is 0 Å². The number of hydrogen-bond acceptors (Lipinski definition) is 6. The highest BCUT2D eigenvalue weighted by Gasteiger charge is 2.27. The highest BCUT2D eigenvalue weighted by atomic mass is 32.1. The number of carbonyl (C=O) groups excluding carboxylic acids is 2. The molecule has 0 spiro atoms. The van der Waals surface area contributed by atoms with Gasteiger partial charge in [0.25, 0.3) is 5.91 Å². The molecule has 0 unspecified atom stereocenters. The molecule has 2 rings (SSSR count). The predicted octanol–water partition coefficient (Wildman–Crippen LogP) is 2.53. The molecule has 0 radical (unpaired) electrons. The topological polar surface area (TPSA) is 88.5 Å². The number of aromatic nitrogens is 1. The van der Waals surface area contributed by atoms with Crippen LogP contribution in [0.1, 0.15) is 36.8 Å². The number of nitrogens with zero attached hydrogens (tertiary/aromatic N) is 1. The number of phenols is 1. The molecule has 7 heteroatoms. The van der Waals surface area contributed by atoms with Gasteiger partial charge in [0.2, 0.25) is 0 Å². The summed E-state index contributed by atoms with van der Waals surface area (Å²) in [6, 6.07) is 5.61. The number of rotatable bonds is 5. The lowest BCUT2D eigenvalue weighted by Gasteiger charge is -2.24. The van der Waals surface area contributed by atoms with Crippen LogP contribution in [0.3, 0.4) is 0 Å². The average Bonchev–Trinajstić information content (AvgIpc) is 3.01. The molecule has 1 aromatic carbocycles. The summed E-state index contributed by atoms with van der Waals surface area (Å²) in [5.41, 5.74) is 1.95. The molecule has 1 heterocycles. The van der Waals surface area contributed by atoms with Crippen molar-refractivity contribution in [2.75, 3.05) is 0 Å². The van der Waals surface area contributed by atoms with Gasteiger partial charge in [-0.3, -0.25) is 4.79 Å². The lowest BCUT2D eigenvalue weighted by molar-refractivity contribution is -0.157. The molecule has 0 saturated heterocycles. The quantitative estimate of drug-likeness (QED) is 0.811. The molecule has 24 heavy (non-hydrogen) atoms. The van der Waals surface area contributed by atoms with Gasteiger partial charge in [-0.2, -0.15) is 0 Å². The van der Waals surface area contributed by atoms with Gasteiger partial charge >= 0.3 is 5.97 Å². The van der Waals surface area contributed by atoms with E-state index in [2.05, 4.69) is 10.3 Å². The van der Waals surface area contributed by atoms with Crippen LogP contribution >= 0.6 is 11.3 Å². The van der Waals surface area contributed by atoms with E-state index in [1.807, 2.05) is 0 Å². The highest BCUT2D eigenvalue weighted by molar-refractivity contribution is 7.07. The summed E-state index contributed by atoms with van der Waals surface area (Å²) in [6.07, 6.45) is 0.255. The lowest BCUT2D eigenvalue weighted by atomic mass is 10.0. The van der Waals surface area contributed by atoms with Gasteiger partial charge in [0.1, 0.15) is 23.1 Å². The Morgan fingerprint density at radius 3 is 2.50 bits per heavy atom. The van der Waals surface area contributed by atoms with E-state index in [1.165, 1.54) is 23.5 Å².